The van der Waals surface area contributed by atoms with Crippen molar-refractivity contribution in [3.05, 3.63) is 29.8 Å². The van der Waals surface area contributed by atoms with Crippen molar-refractivity contribution in [1.82, 2.24) is 4.31 Å². The van der Waals surface area contributed by atoms with Gasteiger partial charge in [0.05, 0.1) is 12.2 Å². The Bertz CT molecular complexity index is 691. The summed E-state index contributed by atoms with van der Waals surface area (Å²) in [6.07, 6.45) is 4.56. The summed E-state index contributed by atoms with van der Waals surface area (Å²) in [5.74, 6) is -1.44. The fraction of sp³-hybridized carbons (Fsp3) is 0.647. The van der Waals surface area contributed by atoms with Crippen LogP contribution in [0.2, 0.25) is 0 Å². The van der Waals surface area contributed by atoms with E-state index in [0.717, 1.165) is 44.2 Å². The number of ether oxygens (including phenoxy) is 1. The van der Waals surface area contributed by atoms with Crippen LogP contribution in [0, 0.1) is 17.6 Å². The van der Waals surface area contributed by atoms with Crippen molar-refractivity contribution in [1.29, 1.82) is 0 Å². The molecule has 7 heteroatoms. The summed E-state index contributed by atoms with van der Waals surface area (Å²) in [7, 11) is -3.99. The quantitative estimate of drug-likeness (QED) is 0.783. The van der Waals surface area contributed by atoms with E-state index >= 15 is 0 Å². The lowest BCUT2D eigenvalue weighted by atomic mass is 10.1. The third kappa shape index (κ3) is 3.78. The molecule has 1 saturated heterocycles. The smallest absolute Gasteiger partial charge is 0.246 e. The predicted molar refractivity (Wildman–Crippen MR) is 86.0 cm³/mol. The van der Waals surface area contributed by atoms with Gasteiger partial charge < -0.3 is 4.74 Å². The van der Waals surface area contributed by atoms with Gasteiger partial charge in [0.25, 0.3) is 0 Å². The average molecular weight is 359 g/mol. The van der Waals surface area contributed by atoms with E-state index < -0.39 is 26.6 Å². The first-order chi connectivity index (χ1) is 11.4. The minimum absolute atomic E-state index is 0.126. The fourth-order valence-corrected chi connectivity index (χ4v) is 4.70. The van der Waals surface area contributed by atoms with Gasteiger partial charge in [0.1, 0.15) is 16.5 Å². The molecule has 134 valence electrons. The van der Waals surface area contributed by atoms with Gasteiger partial charge in [-0.1, -0.05) is 19.8 Å². The van der Waals surface area contributed by atoms with Crippen molar-refractivity contribution in [3.8, 4) is 0 Å². The molecule has 0 N–H and O–H groups in total. The summed E-state index contributed by atoms with van der Waals surface area (Å²) < 4.78 is 60.1. The van der Waals surface area contributed by atoms with Gasteiger partial charge >= 0.3 is 0 Å². The highest BCUT2D eigenvalue weighted by Gasteiger charge is 2.42. The van der Waals surface area contributed by atoms with Crippen LogP contribution in [0.4, 0.5) is 8.78 Å². The Hall–Kier alpha value is -1.05. The van der Waals surface area contributed by atoms with Crippen LogP contribution < -0.4 is 0 Å². The molecule has 0 radical (unpaired) electrons. The van der Waals surface area contributed by atoms with Crippen LogP contribution in [0.5, 0.6) is 0 Å². The number of hydrogen-bond donors (Lipinski definition) is 0. The molecule has 2 fully saturated rings. The van der Waals surface area contributed by atoms with E-state index in [-0.39, 0.29) is 25.3 Å². The number of morpholine rings is 1. The van der Waals surface area contributed by atoms with Gasteiger partial charge in [0.2, 0.25) is 10.0 Å². The highest BCUT2D eigenvalue weighted by molar-refractivity contribution is 7.89. The van der Waals surface area contributed by atoms with Crippen molar-refractivity contribution < 1.29 is 21.9 Å². The molecule has 1 saturated carbocycles. The van der Waals surface area contributed by atoms with Crippen LogP contribution in [0.1, 0.15) is 39.0 Å². The molecule has 0 aromatic heterocycles. The summed E-state index contributed by atoms with van der Waals surface area (Å²) in [6, 6.07) is 2.59. The lowest BCUT2D eigenvalue weighted by Crippen LogP contribution is -2.50. The third-order valence-electron chi connectivity index (χ3n) is 4.70. The minimum Gasteiger partial charge on any atom is -0.372 e. The topological polar surface area (TPSA) is 46.6 Å². The molecule has 0 bridgehead atoms. The number of unbranched alkanes of at least 4 members (excludes halogenated alkanes) is 1. The van der Waals surface area contributed by atoms with Crippen molar-refractivity contribution >= 4 is 10.0 Å². The van der Waals surface area contributed by atoms with Gasteiger partial charge in [0.15, 0.2) is 0 Å². The van der Waals surface area contributed by atoms with Gasteiger partial charge in [0, 0.05) is 19.2 Å². The summed E-state index contributed by atoms with van der Waals surface area (Å²) in [5, 5.41) is 0. The molecule has 1 aromatic rings. The molecule has 2 aliphatic rings. The molecule has 1 aliphatic heterocycles. The SMILES string of the molecule is CCCC[C@@H]1CN(S(=O)(=O)c2ccc(F)cc2F)C[C@H](C2CC2)O1. The molecular formula is C17H23F2NO3S. The van der Waals surface area contributed by atoms with Crippen molar-refractivity contribution in [3.63, 3.8) is 0 Å². The standard InChI is InChI=1S/C17H23F2NO3S/c1-2-3-4-14-10-20(11-16(23-14)12-5-6-12)24(21,22)17-8-7-13(18)9-15(17)19/h7-9,12,14,16H,2-6,10-11H2,1H3/t14-,16-/m1/s1. The zero-order valence-corrected chi connectivity index (χ0v) is 14.6. The Morgan fingerprint density at radius 1 is 1.25 bits per heavy atom. The normalized spacial score (nSPS) is 25.8. The number of benzene rings is 1. The fourth-order valence-electron chi connectivity index (χ4n) is 3.17. The number of nitrogens with zero attached hydrogens (tertiary/aromatic N) is 1. The van der Waals surface area contributed by atoms with Crippen molar-refractivity contribution in [2.24, 2.45) is 5.92 Å². The maximum Gasteiger partial charge on any atom is 0.246 e. The van der Waals surface area contributed by atoms with E-state index in [1.807, 2.05) is 0 Å². The Morgan fingerprint density at radius 3 is 2.62 bits per heavy atom. The second kappa shape index (κ2) is 7.06. The van der Waals surface area contributed by atoms with Crippen LogP contribution in [0.25, 0.3) is 0 Å². The number of rotatable bonds is 6. The van der Waals surface area contributed by atoms with Crippen molar-refractivity contribution in [2.45, 2.75) is 56.1 Å². The Labute approximate surface area is 141 Å². The summed E-state index contributed by atoms with van der Waals surface area (Å²) in [4.78, 5) is -0.463. The van der Waals surface area contributed by atoms with E-state index in [2.05, 4.69) is 6.92 Å². The second-order valence-corrected chi connectivity index (χ2v) is 8.58. The summed E-state index contributed by atoms with van der Waals surface area (Å²) in [5.41, 5.74) is 0. The first-order valence-electron chi connectivity index (χ1n) is 8.52. The first-order valence-corrected chi connectivity index (χ1v) is 9.96. The van der Waals surface area contributed by atoms with E-state index in [0.29, 0.717) is 12.0 Å². The third-order valence-corrected chi connectivity index (χ3v) is 6.56. The lowest BCUT2D eigenvalue weighted by molar-refractivity contribution is -0.0761. The van der Waals surface area contributed by atoms with Crippen molar-refractivity contribution in [2.75, 3.05) is 13.1 Å². The van der Waals surface area contributed by atoms with Gasteiger partial charge in [-0.3, -0.25) is 0 Å². The van der Waals surface area contributed by atoms with Crippen LogP contribution >= 0.6 is 0 Å². The maximum absolute atomic E-state index is 14.0. The van der Waals surface area contributed by atoms with Crippen LogP contribution in [0.15, 0.2) is 23.1 Å². The van der Waals surface area contributed by atoms with Gasteiger partial charge in [-0.15, -0.1) is 0 Å². The molecule has 3 rings (SSSR count). The van der Waals surface area contributed by atoms with Crippen LogP contribution in [0.3, 0.4) is 0 Å². The molecule has 2 atom stereocenters. The predicted octanol–water partition coefficient (Wildman–Crippen LogP) is 3.32. The zero-order chi connectivity index (χ0) is 17.3. The van der Waals surface area contributed by atoms with Gasteiger partial charge in [-0.2, -0.15) is 4.31 Å². The molecule has 0 unspecified atom stereocenters. The minimum atomic E-state index is -3.99. The van der Waals surface area contributed by atoms with Crippen LogP contribution in [-0.4, -0.2) is 38.0 Å². The second-order valence-electron chi connectivity index (χ2n) is 6.67. The monoisotopic (exact) mass is 359 g/mol. The average Bonchev–Trinajstić information content (AvgIpc) is 3.37. The number of sulfonamides is 1. The van der Waals surface area contributed by atoms with Gasteiger partial charge in [-0.05, 0) is 37.3 Å². The van der Waals surface area contributed by atoms with E-state index in [9.17, 15) is 17.2 Å². The van der Waals surface area contributed by atoms with Crippen LogP contribution in [-0.2, 0) is 14.8 Å². The number of halogens is 2. The lowest BCUT2D eigenvalue weighted by Gasteiger charge is -2.37. The zero-order valence-electron chi connectivity index (χ0n) is 13.7. The summed E-state index contributed by atoms with van der Waals surface area (Å²) >= 11 is 0. The number of hydrogen-bond acceptors (Lipinski definition) is 3. The first kappa shape index (κ1) is 17.8. The van der Waals surface area contributed by atoms with E-state index in [1.165, 1.54) is 4.31 Å². The molecule has 0 spiro atoms. The molecule has 1 aromatic carbocycles. The van der Waals surface area contributed by atoms with E-state index in [4.69, 9.17) is 4.74 Å². The van der Waals surface area contributed by atoms with E-state index in [1.54, 1.807) is 0 Å². The Balaban J connectivity index is 1.84. The molecule has 4 nitrogen and oxygen atoms in total. The molecule has 1 aliphatic carbocycles. The molecule has 0 amide bonds. The Morgan fingerprint density at radius 2 is 2.00 bits per heavy atom. The maximum atomic E-state index is 14.0. The highest BCUT2D eigenvalue weighted by Crippen LogP contribution is 2.38. The van der Waals surface area contributed by atoms with Gasteiger partial charge in [-0.25, -0.2) is 17.2 Å². The molecular weight excluding hydrogens is 336 g/mol. The highest BCUT2D eigenvalue weighted by atomic mass is 32.2. The summed E-state index contributed by atoms with van der Waals surface area (Å²) in [6.45, 7) is 2.54. The molecule has 24 heavy (non-hydrogen) atoms. The largest absolute Gasteiger partial charge is 0.372 e. The molecule has 1 heterocycles. The Kier molecular flexibility index (Phi) is 5.22.